The molecule has 1 unspecified atom stereocenters. The summed E-state index contributed by atoms with van der Waals surface area (Å²) in [6.45, 7) is 6.77. The van der Waals surface area contributed by atoms with Gasteiger partial charge in [-0.25, -0.2) is 0 Å². The van der Waals surface area contributed by atoms with Crippen LogP contribution < -0.4 is 0 Å². The summed E-state index contributed by atoms with van der Waals surface area (Å²) < 4.78 is 16.8. The molecule has 1 saturated heterocycles. The highest BCUT2D eigenvalue weighted by Crippen LogP contribution is 2.19. The van der Waals surface area contributed by atoms with Gasteiger partial charge in [0.15, 0.2) is 6.29 Å². The van der Waals surface area contributed by atoms with Crippen LogP contribution in [-0.4, -0.2) is 19.0 Å². The monoisotopic (exact) mass is 248 g/mol. The van der Waals surface area contributed by atoms with E-state index in [4.69, 9.17) is 14.2 Å². The van der Waals surface area contributed by atoms with Gasteiger partial charge in [0.2, 0.25) is 0 Å². The van der Waals surface area contributed by atoms with E-state index >= 15 is 0 Å². The maximum absolute atomic E-state index is 5.82. The highest BCUT2D eigenvalue weighted by atomic mass is 16.7. The van der Waals surface area contributed by atoms with Crippen LogP contribution in [0.3, 0.4) is 0 Å². The molecule has 1 aromatic rings. The van der Waals surface area contributed by atoms with E-state index in [0.717, 1.165) is 12.8 Å². The average Bonchev–Trinajstić information content (AvgIpc) is 2.38. The molecule has 1 fully saturated rings. The van der Waals surface area contributed by atoms with Gasteiger partial charge in [0.25, 0.3) is 0 Å². The van der Waals surface area contributed by atoms with Crippen LogP contribution in [-0.2, 0) is 20.8 Å². The van der Waals surface area contributed by atoms with E-state index in [-0.39, 0.29) is 12.4 Å². The highest BCUT2D eigenvalue weighted by molar-refractivity contribution is 5.13. The summed E-state index contributed by atoms with van der Waals surface area (Å²) >= 11 is 0. The summed E-state index contributed by atoms with van der Waals surface area (Å²) in [6.07, 6.45) is 1.83. The first-order chi connectivity index (χ1) is 8.74. The van der Waals surface area contributed by atoms with E-state index in [1.807, 2.05) is 25.1 Å². The third kappa shape index (κ3) is 4.17. The normalized spacial score (nSPS) is 23.6. The van der Waals surface area contributed by atoms with E-state index in [1.54, 1.807) is 0 Å². The van der Waals surface area contributed by atoms with Gasteiger partial charge in [-0.15, -0.1) is 0 Å². The number of ether oxygens (including phenoxy) is 3. The van der Waals surface area contributed by atoms with Gasteiger partial charge < -0.3 is 14.2 Å². The van der Waals surface area contributed by atoms with Crippen LogP contribution in [0.1, 0.15) is 25.3 Å². The van der Waals surface area contributed by atoms with Gasteiger partial charge in [0.1, 0.15) is 0 Å². The molecule has 1 aliphatic rings. The Labute approximate surface area is 108 Å². The third-order valence-corrected chi connectivity index (χ3v) is 2.85. The molecule has 0 saturated carbocycles. The second-order valence-corrected chi connectivity index (χ2v) is 4.58. The second-order valence-electron chi connectivity index (χ2n) is 4.58. The molecule has 3 nitrogen and oxygen atoms in total. The van der Waals surface area contributed by atoms with Crippen molar-refractivity contribution in [1.82, 2.24) is 0 Å². The summed E-state index contributed by atoms with van der Waals surface area (Å²) in [5, 5.41) is 0. The van der Waals surface area contributed by atoms with Gasteiger partial charge >= 0.3 is 0 Å². The quantitative estimate of drug-likeness (QED) is 0.749. The van der Waals surface area contributed by atoms with Crippen LogP contribution in [0.5, 0.6) is 0 Å². The molecule has 2 rings (SSSR count). The summed E-state index contributed by atoms with van der Waals surface area (Å²) in [4.78, 5) is 0. The Morgan fingerprint density at radius 3 is 2.72 bits per heavy atom. The van der Waals surface area contributed by atoms with Crippen molar-refractivity contribution in [2.45, 2.75) is 38.8 Å². The molecular weight excluding hydrogens is 228 g/mol. The fourth-order valence-corrected chi connectivity index (χ4v) is 1.94. The molecule has 2 atom stereocenters. The Balaban J connectivity index is 1.69. The number of allylic oxidation sites excluding steroid dienone is 1. The fraction of sp³-hybridized carbons (Fsp3) is 0.467. The maximum atomic E-state index is 5.82. The Morgan fingerprint density at radius 1 is 1.33 bits per heavy atom. The number of rotatable bonds is 5. The molecule has 1 aliphatic heterocycles. The van der Waals surface area contributed by atoms with Gasteiger partial charge in [-0.2, -0.15) is 0 Å². The number of benzene rings is 1. The molecule has 0 aromatic heterocycles. The first-order valence-electron chi connectivity index (χ1n) is 6.33. The SMILES string of the molecule is C=C(C)OC1CC[C@@H](OCc2ccccc2)CO1. The van der Waals surface area contributed by atoms with Gasteiger partial charge in [0.05, 0.1) is 25.1 Å². The van der Waals surface area contributed by atoms with Crippen LogP contribution in [0.4, 0.5) is 0 Å². The molecule has 0 spiro atoms. The van der Waals surface area contributed by atoms with Gasteiger partial charge in [-0.1, -0.05) is 36.9 Å². The molecule has 1 heterocycles. The molecule has 18 heavy (non-hydrogen) atoms. The molecule has 0 amide bonds. The topological polar surface area (TPSA) is 27.7 Å². The molecule has 0 radical (unpaired) electrons. The summed E-state index contributed by atoms with van der Waals surface area (Å²) in [7, 11) is 0. The molecular formula is C15H20O3. The fourth-order valence-electron chi connectivity index (χ4n) is 1.94. The van der Waals surface area contributed by atoms with Crippen LogP contribution >= 0.6 is 0 Å². The molecule has 0 N–H and O–H groups in total. The summed E-state index contributed by atoms with van der Waals surface area (Å²) in [6, 6.07) is 10.2. The van der Waals surface area contributed by atoms with Crippen molar-refractivity contribution in [2.24, 2.45) is 0 Å². The predicted octanol–water partition coefficient (Wildman–Crippen LogP) is 3.26. The van der Waals surface area contributed by atoms with Crippen LogP contribution in [0.2, 0.25) is 0 Å². The van der Waals surface area contributed by atoms with E-state index in [2.05, 4.69) is 18.7 Å². The lowest BCUT2D eigenvalue weighted by Gasteiger charge is -2.29. The average molecular weight is 248 g/mol. The van der Waals surface area contributed by atoms with Gasteiger partial charge in [-0.05, 0) is 18.9 Å². The summed E-state index contributed by atoms with van der Waals surface area (Å²) in [5.41, 5.74) is 1.19. The maximum Gasteiger partial charge on any atom is 0.199 e. The minimum atomic E-state index is -0.154. The number of hydrogen-bond acceptors (Lipinski definition) is 3. The largest absolute Gasteiger partial charge is 0.470 e. The minimum absolute atomic E-state index is 0.154. The van der Waals surface area contributed by atoms with E-state index < -0.39 is 0 Å². The lowest BCUT2D eigenvalue weighted by molar-refractivity contribution is -0.178. The van der Waals surface area contributed by atoms with E-state index in [9.17, 15) is 0 Å². The van der Waals surface area contributed by atoms with Crippen molar-refractivity contribution in [3.63, 3.8) is 0 Å². The Kier molecular flexibility index (Phi) is 4.79. The molecule has 3 heteroatoms. The van der Waals surface area contributed by atoms with Gasteiger partial charge in [0, 0.05) is 6.42 Å². The zero-order valence-electron chi connectivity index (χ0n) is 10.8. The van der Waals surface area contributed by atoms with E-state index in [0.29, 0.717) is 19.0 Å². The van der Waals surface area contributed by atoms with Crippen molar-refractivity contribution in [2.75, 3.05) is 6.61 Å². The van der Waals surface area contributed by atoms with Gasteiger partial charge in [-0.3, -0.25) is 0 Å². The Hall–Kier alpha value is -1.32. The highest BCUT2D eigenvalue weighted by Gasteiger charge is 2.23. The van der Waals surface area contributed by atoms with Crippen LogP contribution in [0.25, 0.3) is 0 Å². The Morgan fingerprint density at radius 2 is 2.11 bits per heavy atom. The Bertz CT molecular complexity index is 367. The molecule has 1 aromatic carbocycles. The predicted molar refractivity (Wildman–Crippen MR) is 69.9 cm³/mol. The van der Waals surface area contributed by atoms with Crippen molar-refractivity contribution < 1.29 is 14.2 Å². The van der Waals surface area contributed by atoms with Crippen molar-refractivity contribution in [3.05, 3.63) is 48.2 Å². The van der Waals surface area contributed by atoms with Crippen LogP contribution in [0.15, 0.2) is 42.7 Å². The lowest BCUT2D eigenvalue weighted by Crippen LogP contribution is -2.32. The minimum Gasteiger partial charge on any atom is -0.470 e. The molecule has 98 valence electrons. The smallest absolute Gasteiger partial charge is 0.199 e. The first kappa shape index (κ1) is 13.1. The van der Waals surface area contributed by atoms with Crippen molar-refractivity contribution >= 4 is 0 Å². The second kappa shape index (κ2) is 6.57. The third-order valence-electron chi connectivity index (χ3n) is 2.85. The van der Waals surface area contributed by atoms with E-state index in [1.165, 1.54) is 5.56 Å². The lowest BCUT2D eigenvalue weighted by atomic mass is 10.1. The number of hydrogen-bond donors (Lipinski definition) is 0. The molecule has 0 aliphatic carbocycles. The standard InChI is InChI=1S/C15H20O3/c1-12(2)18-15-9-8-14(11-17-15)16-10-13-6-4-3-5-7-13/h3-7,14-15H,1,8-11H2,2H3/t14-,15?/m1/s1. The zero-order chi connectivity index (χ0) is 12.8. The van der Waals surface area contributed by atoms with Crippen LogP contribution in [0, 0.1) is 0 Å². The van der Waals surface area contributed by atoms with Crippen molar-refractivity contribution in [1.29, 1.82) is 0 Å². The van der Waals surface area contributed by atoms with Crippen molar-refractivity contribution in [3.8, 4) is 0 Å². The molecule has 0 bridgehead atoms. The zero-order valence-corrected chi connectivity index (χ0v) is 10.8. The summed E-state index contributed by atoms with van der Waals surface area (Å²) in [5.74, 6) is 0.698. The first-order valence-corrected chi connectivity index (χ1v) is 6.33.